The topological polar surface area (TPSA) is 122 Å². The van der Waals surface area contributed by atoms with Gasteiger partial charge in [-0.2, -0.15) is 0 Å². The van der Waals surface area contributed by atoms with Crippen molar-refractivity contribution in [3.05, 3.63) is 76.1 Å². The number of nitrogens with zero attached hydrogens (tertiary/aromatic N) is 2. The summed E-state index contributed by atoms with van der Waals surface area (Å²) in [5.74, 6) is -0.653. The van der Waals surface area contributed by atoms with Crippen molar-refractivity contribution >= 4 is 54.7 Å². The van der Waals surface area contributed by atoms with Crippen LogP contribution in [0.25, 0.3) is 11.0 Å². The molecule has 2 heterocycles. The molecule has 0 fully saturated rings. The first-order valence-electron chi connectivity index (χ1n) is 10.5. The minimum Gasteiger partial charge on any atom is -0.422 e. The molecule has 0 bridgehead atoms. The largest absolute Gasteiger partial charge is 0.422 e. The molecule has 9 nitrogen and oxygen atoms in total. The fourth-order valence-corrected chi connectivity index (χ4v) is 5.20. The van der Waals surface area contributed by atoms with Gasteiger partial charge in [0.05, 0.1) is 4.90 Å². The van der Waals surface area contributed by atoms with Gasteiger partial charge in [0.1, 0.15) is 11.1 Å². The number of sulfonamides is 1. The van der Waals surface area contributed by atoms with Gasteiger partial charge in [0.2, 0.25) is 0 Å². The van der Waals surface area contributed by atoms with Crippen LogP contribution in [0.3, 0.4) is 0 Å². The zero-order chi connectivity index (χ0) is 24.3. The van der Waals surface area contributed by atoms with Gasteiger partial charge in [0.15, 0.2) is 5.13 Å². The highest BCUT2D eigenvalue weighted by molar-refractivity contribution is 7.93. The Bertz CT molecular complexity index is 1480. The number of fused-ring (bicyclic) bond motifs is 1. The van der Waals surface area contributed by atoms with Crippen LogP contribution in [0.15, 0.2) is 74.2 Å². The maximum absolute atomic E-state index is 12.7. The molecule has 0 atom stereocenters. The number of nitrogens with one attached hydrogen (secondary N) is 2. The Kier molecular flexibility index (Phi) is 6.66. The van der Waals surface area contributed by atoms with Gasteiger partial charge in [-0.05, 0) is 56.3 Å². The lowest BCUT2D eigenvalue weighted by atomic mass is 10.1. The van der Waals surface area contributed by atoms with E-state index < -0.39 is 21.6 Å². The fourth-order valence-electron chi connectivity index (χ4n) is 3.41. The molecule has 0 aliphatic rings. The molecule has 4 aromatic rings. The molecule has 2 N–H and O–H groups in total. The lowest BCUT2D eigenvalue weighted by Gasteiger charge is -2.21. The molecular weight excluding hydrogens is 476 g/mol. The van der Waals surface area contributed by atoms with Gasteiger partial charge < -0.3 is 14.6 Å². The van der Waals surface area contributed by atoms with Gasteiger partial charge in [-0.1, -0.05) is 0 Å². The maximum Gasteiger partial charge on any atom is 0.349 e. The summed E-state index contributed by atoms with van der Waals surface area (Å²) in [4.78, 5) is 31.2. The van der Waals surface area contributed by atoms with Crippen molar-refractivity contribution in [3.8, 4) is 0 Å². The van der Waals surface area contributed by atoms with Crippen molar-refractivity contribution in [1.82, 2.24) is 4.98 Å². The summed E-state index contributed by atoms with van der Waals surface area (Å²) in [6.07, 6.45) is 1.49. The van der Waals surface area contributed by atoms with Crippen LogP contribution in [-0.2, 0) is 10.0 Å². The number of anilines is 3. The van der Waals surface area contributed by atoms with Crippen LogP contribution in [0.1, 0.15) is 24.2 Å². The standard InChI is InChI=1S/C23H22N4O5S2/c1-3-27(4-2)17-8-5-15-13-19(22(29)32-20(15)14-17)21(28)25-16-6-9-18(10-7-16)34(30,31)26-23-24-11-12-33-23/h5-14H,3-4H2,1-2H3,(H,24,26)(H,25,28). The van der Waals surface area contributed by atoms with E-state index >= 15 is 0 Å². The third-order valence-corrected chi connectivity index (χ3v) is 7.34. The Hall–Kier alpha value is -3.70. The molecular formula is C23H22N4O5S2. The summed E-state index contributed by atoms with van der Waals surface area (Å²) >= 11 is 1.16. The monoisotopic (exact) mass is 498 g/mol. The van der Waals surface area contributed by atoms with Crippen LogP contribution in [0, 0.1) is 0 Å². The maximum atomic E-state index is 12.7. The van der Waals surface area contributed by atoms with E-state index in [1.165, 1.54) is 36.5 Å². The van der Waals surface area contributed by atoms with Crippen LogP contribution in [-0.4, -0.2) is 32.4 Å². The zero-order valence-electron chi connectivity index (χ0n) is 18.4. The Balaban J connectivity index is 1.53. The van der Waals surface area contributed by atoms with E-state index in [2.05, 4.69) is 19.9 Å². The van der Waals surface area contributed by atoms with Crippen LogP contribution < -0.4 is 20.6 Å². The van der Waals surface area contributed by atoms with Gasteiger partial charge >= 0.3 is 5.63 Å². The van der Waals surface area contributed by atoms with E-state index in [1.807, 2.05) is 19.9 Å². The summed E-state index contributed by atoms with van der Waals surface area (Å²) in [6.45, 7) is 5.70. The molecule has 0 aliphatic carbocycles. The lowest BCUT2D eigenvalue weighted by molar-refractivity contribution is 0.102. The van der Waals surface area contributed by atoms with Crippen molar-refractivity contribution in [2.45, 2.75) is 18.7 Å². The van der Waals surface area contributed by atoms with Gasteiger partial charge in [-0.3, -0.25) is 9.52 Å². The van der Waals surface area contributed by atoms with Gasteiger partial charge in [-0.15, -0.1) is 11.3 Å². The highest BCUT2D eigenvalue weighted by atomic mass is 32.2. The number of thiazole rings is 1. The predicted octanol–water partition coefficient (Wildman–Crippen LogP) is 4.15. The van der Waals surface area contributed by atoms with Crippen LogP contribution in [0.5, 0.6) is 0 Å². The van der Waals surface area contributed by atoms with Crippen LogP contribution in [0.2, 0.25) is 0 Å². The first-order valence-corrected chi connectivity index (χ1v) is 12.8. The van der Waals surface area contributed by atoms with E-state index in [0.717, 1.165) is 30.1 Å². The number of hydrogen-bond donors (Lipinski definition) is 2. The number of carbonyl (C=O) groups excluding carboxylic acids is 1. The summed E-state index contributed by atoms with van der Waals surface area (Å²) in [5, 5.41) is 5.13. The minimum atomic E-state index is -3.81. The molecule has 2 aromatic heterocycles. The second-order valence-electron chi connectivity index (χ2n) is 7.26. The number of carbonyl (C=O) groups is 1. The molecule has 11 heteroatoms. The average molecular weight is 499 g/mol. The van der Waals surface area contributed by atoms with E-state index in [-0.39, 0.29) is 15.6 Å². The molecule has 0 radical (unpaired) electrons. The Morgan fingerprint density at radius 1 is 1.09 bits per heavy atom. The third-order valence-electron chi connectivity index (χ3n) is 5.17. The van der Waals surface area contributed by atoms with Crippen LogP contribution >= 0.6 is 11.3 Å². The predicted molar refractivity (Wildman–Crippen MR) is 133 cm³/mol. The number of hydrogen-bond acceptors (Lipinski definition) is 8. The van der Waals surface area contributed by atoms with E-state index in [0.29, 0.717) is 16.7 Å². The Morgan fingerprint density at radius 2 is 1.82 bits per heavy atom. The normalized spacial score (nSPS) is 11.4. The van der Waals surface area contributed by atoms with E-state index in [9.17, 15) is 18.0 Å². The third kappa shape index (κ3) is 4.95. The fraction of sp³-hybridized carbons (Fsp3) is 0.174. The summed E-state index contributed by atoms with van der Waals surface area (Å²) in [5.41, 5.74) is 0.749. The molecule has 0 aliphatic heterocycles. The molecule has 1 amide bonds. The Labute approximate surface area is 200 Å². The zero-order valence-corrected chi connectivity index (χ0v) is 20.1. The highest BCUT2D eigenvalue weighted by Crippen LogP contribution is 2.23. The second-order valence-corrected chi connectivity index (χ2v) is 9.84. The molecule has 0 saturated carbocycles. The first-order chi connectivity index (χ1) is 16.3. The summed E-state index contributed by atoms with van der Waals surface area (Å²) in [6, 6.07) is 12.6. The second kappa shape index (κ2) is 9.65. The number of aromatic nitrogens is 1. The smallest absolute Gasteiger partial charge is 0.349 e. The molecule has 0 saturated heterocycles. The lowest BCUT2D eigenvalue weighted by Crippen LogP contribution is -2.22. The molecule has 34 heavy (non-hydrogen) atoms. The van der Waals surface area contributed by atoms with Gasteiger partial charge in [-0.25, -0.2) is 18.2 Å². The summed E-state index contributed by atoms with van der Waals surface area (Å²) < 4.78 is 32.7. The molecule has 176 valence electrons. The minimum absolute atomic E-state index is 0.00919. The quantitative estimate of drug-likeness (QED) is 0.350. The molecule has 4 rings (SSSR count). The summed E-state index contributed by atoms with van der Waals surface area (Å²) in [7, 11) is -3.81. The van der Waals surface area contributed by atoms with E-state index in [1.54, 1.807) is 17.5 Å². The van der Waals surface area contributed by atoms with Crippen molar-refractivity contribution in [1.29, 1.82) is 0 Å². The van der Waals surface area contributed by atoms with Crippen molar-refractivity contribution < 1.29 is 17.6 Å². The van der Waals surface area contributed by atoms with E-state index in [4.69, 9.17) is 4.42 Å². The molecule has 0 unspecified atom stereocenters. The van der Waals surface area contributed by atoms with Crippen molar-refractivity contribution in [2.75, 3.05) is 28.0 Å². The average Bonchev–Trinajstić information content (AvgIpc) is 3.32. The van der Waals surface area contributed by atoms with Crippen molar-refractivity contribution in [2.24, 2.45) is 0 Å². The number of rotatable bonds is 8. The number of amides is 1. The SMILES string of the molecule is CCN(CC)c1ccc2cc(C(=O)Nc3ccc(S(=O)(=O)Nc4nccs4)cc3)c(=O)oc2c1. The number of benzene rings is 2. The van der Waals surface area contributed by atoms with Gasteiger partial charge in [0, 0.05) is 47.5 Å². The Morgan fingerprint density at radius 3 is 2.47 bits per heavy atom. The highest BCUT2D eigenvalue weighted by Gasteiger charge is 2.17. The van der Waals surface area contributed by atoms with Gasteiger partial charge in [0.25, 0.3) is 15.9 Å². The van der Waals surface area contributed by atoms with Crippen molar-refractivity contribution in [3.63, 3.8) is 0 Å². The first kappa shape index (κ1) is 23.5. The molecule has 0 spiro atoms. The molecule has 2 aromatic carbocycles. The van der Waals surface area contributed by atoms with Crippen LogP contribution in [0.4, 0.5) is 16.5 Å².